The van der Waals surface area contributed by atoms with Gasteiger partial charge in [0.25, 0.3) is 0 Å². The quantitative estimate of drug-likeness (QED) is 0.773. The van der Waals surface area contributed by atoms with Crippen molar-refractivity contribution < 1.29 is 4.39 Å². The van der Waals surface area contributed by atoms with Crippen LogP contribution >= 0.6 is 0 Å². The number of hydrogen-bond acceptors (Lipinski definition) is 1. The second kappa shape index (κ2) is 4.99. The van der Waals surface area contributed by atoms with Gasteiger partial charge in [0.05, 0.1) is 0 Å². The van der Waals surface area contributed by atoms with Gasteiger partial charge in [0.15, 0.2) is 0 Å². The van der Waals surface area contributed by atoms with E-state index < -0.39 is 0 Å². The Morgan fingerprint density at radius 2 is 1.79 bits per heavy atom. The molecule has 0 aliphatic heterocycles. The molecule has 2 heteroatoms. The van der Waals surface area contributed by atoms with Crippen LogP contribution in [-0.4, -0.2) is 6.04 Å². The van der Waals surface area contributed by atoms with Crippen LogP contribution < -0.4 is 5.32 Å². The Balaban J connectivity index is 2.63. The van der Waals surface area contributed by atoms with Gasteiger partial charge in [-0.05, 0) is 36.6 Å². The fraction of sp³-hybridized carbons (Fsp3) is 0.500. The highest BCUT2D eigenvalue weighted by atomic mass is 19.1. The molecule has 1 aromatic rings. The van der Waals surface area contributed by atoms with E-state index >= 15 is 0 Å². The Morgan fingerprint density at radius 1 is 1.21 bits per heavy atom. The number of nitrogens with one attached hydrogen (secondary N) is 1. The van der Waals surface area contributed by atoms with Crippen LogP contribution in [0.3, 0.4) is 0 Å². The number of halogens is 1. The summed E-state index contributed by atoms with van der Waals surface area (Å²) in [6.07, 6.45) is 1.08. The lowest BCUT2D eigenvalue weighted by Gasteiger charge is -2.21. The van der Waals surface area contributed by atoms with Crippen LogP contribution in [0, 0.1) is 11.7 Å². The Labute approximate surface area is 85.3 Å². The van der Waals surface area contributed by atoms with Crippen molar-refractivity contribution in [3.63, 3.8) is 0 Å². The molecule has 0 saturated heterocycles. The first-order valence-corrected chi connectivity index (χ1v) is 5.15. The van der Waals surface area contributed by atoms with Crippen LogP contribution in [0.1, 0.15) is 27.2 Å². The average Bonchev–Trinajstić information content (AvgIpc) is 2.16. The Kier molecular flexibility index (Phi) is 3.93. The standard InChI is InChI=1S/C12H18FN/c1-4-12(9(2)3)14-11-7-5-10(13)6-8-11/h5-9,12,14H,4H2,1-3H3/t12-/m0/s1. The summed E-state index contributed by atoms with van der Waals surface area (Å²) < 4.78 is 12.6. The van der Waals surface area contributed by atoms with Crippen molar-refractivity contribution in [2.75, 3.05) is 5.32 Å². The molecule has 0 unspecified atom stereocenters. The average molecular weight is 195 g/mol. The molecule has 1 nitrogen and oxygen atoms in total. The summed E-state index contributed by atoms with van der Waals surface area (Å²) in [6.45, 7) is 6.52. The van der Waals surface area contributed by atoms with E-state index in [1.54, 1.807) is 12.1 Å². The molecule has 0 bridgehead atoms. The van der Waals surface area contributed by atoms with E-state index in [-0.39, 0.29) is 5.82 Å². The van der Waals surface area contributed by atoms with Crippen molar-refractivity contribution in [1.29, 1.82) is 0 Å². The van der Waals surface area contributed by atoms with Gasteiger partial charge in [-0.3, -0.25) is 0 Å². The number of benzene rings is 1. The summed E-state index contributed by atoms with van der Waals surface area (Å²) in [4.78, 5) is 0. The molecule has 0 fully saturated rings. The van der Waals surface area contributed by atoms with E-state index in [1.807, 2.05) is 0 Å². The van der Waals surface area contributed by atoms with Gasteiger partial charge in [0.1, 0.15) is 5.82 Å². The second-order valence-corrected chi connectivity index (χ2v) is 3.91. The highest BCUT2D eigenvalue weighted by Gasteiger charge is 2.09. The fourth-order valence-electron chi connectivity index (χ4n) is 1.50. The normalized spacial score (nSPS) is 12.9. The molecule has 0 aliphatic carbocycles. The molecule has 0 heterocycles. The topological polar surface area (TPSA) is 12.0 Å². The maximum atomic E-state index is 12.6. The summed E-state index contributed by atoms with van der Waals surface area (Å²) in [5, 5.41) is 3.39. The monoisotopic (exact) mass is 195 g/mol. The molecular weight excluding hydrogens is 177 g/mol. The second-order valence-electron chi connectivity index (χ2n) is 3.91. The van der Waals surface area contributed by atoms with Gasteiger partial charge in [0, 0.05) is 11.7 Å². The van der Waals surface area contributed by atoms with Gasteiger partial charge in [-0.15, -0.1) is 0 Å². The first-order valence-electron chi connectivity index (χ1n) is 5.15. The Hall–Kier alpha value is -1.05. The van der Waals surface area contributed by atoms with E-state index in [0.29, 0.717) is 12.0 Å². The molecule has 0 spiro atoms. The lowest BCUT2D eigenvalue weighted by Crippen LogP contribution is -2.24. The molecule has 0 aliphatic rings. The predicted octanol–water partition coefficient (Wildman–Crippen LogP) is 3.67. The van der Waals surface area contributed by atoms with Gasteiger partial charge in [-0.25, -0.2) is 4.39 Å². The third-order valence-corrected chi connectivity index (χ3v) is 2.44. The van der Waals surface area contributed by atoms with Crippen LogP contribution in [0.25, 0.3) is 0 Å². The van der Waals surface area contributed by atoms with Gasteiger partial charge >= 0.3 is 0 Å². The molecule has 1 atom stereocenters. The first-order chi connectivity index (χ1) is 6.63. The van der Waals surface area contributed by atoms with Crippen molar-refractivity contribution in [2.45, 2.75) is 33.2 Å². The van der Waals surface area contributed by atoms with E-state index in [9.17, 15) is 4.39 Å². The highest BCUT2D eigenvalue weighted by Crippen LogP contribution is 2.15. The van der Waals surface area contributed by atoms with Crippen LogP contribution in [0.4, 0.5) is 10.1 Å². The summed E-state index contributed by atoms with van der Waals surface area (Å²) in [6, 6.07) is 6.98. The minimum atomic E-state index is -0.187. The summed E-state index contributed by atoms with van der Waals surface area (Å²) >= 11 is 0. The highest BCUT2D eigenvalue weighted by molar-refractivity contribution is 5.43. The van der Waals surface area contributed by atoms with Crippen LogP contribution in [0.2, 0.25) is 0 Å². The third-order valence-electron chi connectivity index (χ3n) is 2.44. The number of anilines is 1. The first kappa shape index (κ1) is 11.0. The van der Waals surface area contributed by atoms with Gasteiger partial charge < -0.3 is 5.32 Å². The SMILES string of the molecule is CC[C@H](Nc1ccc(F)cc1)C(C)C. The molecule has 1 N–H and O–H groups in total. The van der Waals surface area contributed by atoms with Crippen LogP contribution in [-0.2, 0) is 0 Å². The maximum absolute atomic E-state index is 12.6. The molecular formula is C12H18FN. The van der Waals surface area contributed by atoms with E-state index in [4.69, 9.17) is 0 Å². The minimum absolute atomic E-state index is 0.187. The van der Waals surface area contributed by atoms with E-state index in [0.717, 1.165) is 12.1 Å². The summed E-state index contributed by atoms with van der Waals surface area (Å²) in [7, 11) is 0. The van der Waals surface area contributed by atoms with Gasteiger partial charge in [-0.1, -0.05) is 20.8 Å². The summed E-state index contributed by atoms with van der Waals surface area (Å²) in [5.74, 6) is 0.401. The van der Waals surface area contributed by atoms with Crippen LogP contribution in [0.5, 0.6) is 0 Å². The van der Waals surface area contributed by atoms with Crippen molar-refractivity contribution in [3.05, 3.63) is 30.1 Å². The fourth-order valence-corrected chi connectivity index (χ4v) is 1.50. The zero-order valence-corrected chi connectivity index (χ0v) is 9.05. The smallest absolute Gasteiger partial charge is 0.123 e. The van der Waals surface area contributed by atoms with Crippen molar-refractivity contribution in [3.8, 4) is 0 Å². The van der Waals surface area contributed by atoms with Crippen LogP contribution in [0.15, 0.2) is 24.3 Å². The van der Waals surface area contributed by atoms with Crippen molar-refractivity contribution >= 4 is 5.69 Å². The zero-order valence-electron chi connectivity index (χ0n) is 9.05. The largest absolute Gasteiger partial charge is 0.382 e. The molecule has 1 rings (SSSR count). The predicted molar refractivity (Wildman–Crippen MR) is 58.9 cm³/mol. The van der Waals surface area contributed by atoms with Crippen molar-refractivity contribution in [1.82, 2.24) is 0 Å². The molecule has 0 amide bonds. The maximum Gasteiger partial charge on any atom is 0.123 e. The number of rotatable bonds is 4. The molecule has 0 saturated carbocycles. The van der Waals surface area contributed by atoms with E-state index in [2.05, 4.69) is 26.1 Å². The molecule has 78 valence electrons. The number of hydrogen-bond donors (Lipinski definition) is 1. The lowest BCUT2D eigenvalue weighted by molar-refractivity contribution is 0.511. The molecule has 1 aromatic carbocycles. The Morgan fingerprint density at radius 3 is 2.21 bits per heavy atom. The van der Waals surface area contributed by atoms with Crippen molar-refractivity contribution in [2.24, 2.45) is 5.92 Å². The third kappa shape index (κ3) is 3.02. The Bertz CT molecular complexity index is 266. The van der Waals surface area contributed by atoms with Gasteiger partial charge in [0.2, 0.25) is 0 Å². The molecule has 0 aromatic heterocycles. The van der Waals surface area contributed by atoms with Gasteiger partial charge in [-0.2, -0.15) is 0 Å². The molecule has 0 radical (unpaired) electrons. The zero-order chi connectivity index (χ0) is 10.6. The molecule has 14 heavy (non-hydrogen) atoms. The summed E-state index contributed by atoms with van der Waals surface area (Å²) in [5.41, 5.74) is 0.993. The minimum Gasteiger partial charge on any atom is -0.382 e. The lowest BCUT2D eigenvalue weighted by atomic mass is 10.0. The van der Waals surface area contributed by atoms with E-state index in [1.165, 1.54) is 12.1 Å².